The van der Waals surface area contributed by atoms with E-state index in [1.807, 2.05) is 0 Å². The molecular formula is C9H21N3O7S2. The maximum atomic E-state index is 10.8. The molecule has 0 aromatic rings. The van der Waals surface area contributed by atoms with Crippen LogP contribution in [0.3, 0.4) is 0 Å². The number of sulfonamides is 2. The molecule has 0 bridgehead atoms. The van der Waals surface area contributed by atoms with Crippen molar-refractivity contribution in [1.29, 1.82) is 0 Å². The Morgan fingerprint density at radius 2 is 1.33 bits per heavy atom. The minimum atomic E-state index is -3.53. The molecule has 0 fully saturated rings. The molecule has 10 nitrogen and oxygen atoms in total. The quantitative estimate of drug-likeness (QED) is 0.504. The average Bonchev–Trinajstić information content (AvgIpc) is 2.31. The van der Waals surface area contributed by atoms with Crippen molar-refractivity contribution < 1.29 is 31.2 Å². The molecular weight excluding hydrogens is 326 g/mol. The molecule has 0 atom stereocenters. The van der Waals surface area contributed by atoms with Crippen LogP contribution in [0, 0.1) is 0 Å². The van der Waals surface area contributed by atoms with Gasteiger partial charge in [0, 0.05) is 20.5 Å². The summed E-state index contributed by atoms with van der Waals surface area (Å²) in [6, 6.07) is 0. The van der Waals surface area contributed by atoms with Gasteiger partial charge in [-0.05, 0) is 0 Å². The molecule has 0 aromatic heterocycles. The van der Waals surface area contributed by atoms with Gasteiger partial charge in [-0.15, -0.1) is 0 Å². The smallest absolute Gasteiger partial charge is 0.306 e. The molecule has 0 aliphatic rings. The van der Waals surface area contributed by atoms with Crippen molar-refractivity contribution in [3.05, 3.63) is 0 Å². The molecule has 12 heteroatoms. The maximum absolute atomic E-state index is 10.8. The van der Waals surface area contributed by atoms with Gasteiger partial charge in [0.25, 0.3) is 0 Å². The second-order valence-electron chi connectivity index (χ2n) is 4.10. The molecule has 126 valence electrons. The van der Waals surface area contributed by atoms with Crippen LogP contribution in [0.15, 0.2) is 0 Å². The lowest BCUT2D eigenvalue weighted by Gasteiger charge is -2.08. The summed E-state index contributed by atoms with van der Waals surface area (Å²) in [5.41, 5.74) is 0. The van der Waals surface area contributed by atoms with Crippen LogP contribution in [0.2, 0.25) is 0 Å². The number of hydrogen-bond acceptors (Lipinski definition) is 7. The maximum Gasteiger partial charge on any atom is 0.306 e. The van der Waals surface area contributed by atoms with E-state index in [1.54, 1.807) is 14.1 Å². The van der Waals surface area contributed by atoms with Crippen molar-refractivity contribution in [3.8, 4) is 0 Å². The van der Waals surface area contributed by atoms with Gasteiger partial charge in [-0.25, -0.2) is 27.1 Å². The summed E-state index contributed by atoms with van der Waals surface area (Å²) < 4.78 is 45.4. The highest BCUT2D eigenvalue weighted by molar-refractivity contribution is 7.89. The first kappa shape index (κ1) is 22.0. The predicted octanol–water partition coefficient (Wildman–Crippen LogP) is -2.41. The number of ether oxygens (including phenoxy) is 1. The SMILES string of the molecule is CN(C)C(=O)CCS(N)(=O)=O.COC(=O)CCS(N)(=O)=O. The second kappa shape index (κ2) is 9.65. The van der Waals surface area contributed by atoms with Gasteiger partial charge in [0.2, 0.25) is 26.0 Å². The summed E-state index contributed by atoms with van der Waals surface area (Å²) in [6.07, 6.45) is -0.235. The van der Waals surface area contributed by atoms with Crippen LogP contribution in [0.5, 0.6) is 0 Å². The first-order valence-electron chi connectivity index (χ1n) is 5.56. The van der Waals surface area contributed by atoms with Crippen LogP contribution in [0.4, 0.5) is 0 Å². The Balaban J connectivity index is 0. The molecule has 0 aliphatic heterocycles. The Morgan fingerprint density at radius 3 is 1.62 bits per heavy atom. The highest BCUT2D eigenvalue weighted by atomic mass is 32.2. The minimum absolute atomic E-state index is 0.0498. The van der Waals surface area contributed by atoms with Crippen LogP contribution >= 0.6 is 0 Å². The van der Waals surface area contributed by atoms with Gasteiger partial charge in [0.05, 0.1) is 25.0 Å². The van der Waals surface area contributed by atoms with Crippen LogP contribution < -0.4 is 10.3 Å². The highest BCUT2D eigenvalue weighted by Crippen LogP contribution is 1.89. The first-order chi connectivity index (χ1) is 9.28. The van der Waals surface area contributed by atoms with Crippen LogP contribution in [0.25, 0.3) is 0 Å². The summed E-state index contributed by atoms with van der Waals surface area (Å²) >= 11 is 0. The minimum Gasteiger partial charge on any atom is -0.469 e. The summed E-state index contributed by atoms with van der Waals surface area (Å²) in [5, 5.41) is 9.29. The Morgan fingerprint density at radius 1 is 0.952 bits per heavy atom. The number of methoxy groups -OCH3 is 1. The molecule has 0 radical (unpaired) electrons. The fourth-order valence-electron chi connectivity index (χ4n) is 0.781. The van der Waals surface area contributed by atoms with E-state index in [-0.39, 0.29) is 30.3 Å². The van der Waals surface area contributed by atoms with Crippen molar-refractivity contribution in [3.63, 3.8) is 0 Å². The highest BCUT2D eigenvalue weighted by Gasteiger charge is 2.09. The van der Waals surface area contributed by atoms with Crippen LogP contribution in [-0.4, -0.2) is 66.3 Å². The van der Waals surface area contributed by atoms with Crippen molar-refractivity contribution in [1.82, 2.24) is 4.90 Å². The number of rotatable bonds is 6. The van der Waals surface area contributed by atoms with E-state index >= 15 is 0 Å². The van der Waals surface area contributed by atoms with E-state index in [0.29, 0.717) is 0 Å². The van der Waals surface area contributed by atoms with Crippen molar-refractivity contribution >= 4 is 31.9 Å². The van der Waals surface area contributed by atoms with Crippen molar-refractivity contribution in [2.45, 2.75) is 12.8 Å². The third-order valence-corrected chi connectivity index (χ3v) is 3.46. The summed E-state index contributed by atoms with van der Waals surface area (Å²) in [7, 11) is -2.72. The summed E-state index contributed by atoms with van der Waals surface area (Å²) in [4.78, 5) is 22.4. The molecule has 0 aliphatic carbocycles. The monoisotopic (exact) mass is 347 g/mol. The van der Waals surface area contributed by atoms with Gasteiger partial charge >= 0.3 is 5.97 Å². The van der Waals surface area contributed by atoms with E-state index < -0.39 is 26.0 Å². The van der Waals surface area contributed by atoms with Gasteiger partial charge in [-0.1, -0.05) is 0 Å². The van der Waals surface area contributed by atoms with Gasteiger partial charge in [0.1, 0.15) is 0 Å². The van der Waals surface area contributed by atoms with Crippen molar-refractivity contribution in [2.24, 2.45) is 10.3 Å². The number of primary sulfonamides is 2. The number of nitrogens with zero attached hydrogens (tertiary/aromatic N) is 1. The number of carbonyl (C=O) groups excluding carboxylic acids is 2. The van der Waals surface area contributed by atoms with E-state index in [0.717, 1.165) is 0 Å². The van der Waals surface area contributed by atoms with Gasteiger partial charge < -0.3 is 9.64 Å². The third-order valence-electron chi connectivity index (χ3n) is 1.92. The zero-order valence-electron chi connectivity index (χ0n) is 12.1. The lowest BCUT2D eigenvalue weighted by Crippen LogP contribution is -2.26. The zero-order valence-corrected chi connectivity index (χ0v) is 13.7. The molecule has 0 aromatic carbocycles. The molecule has 1 amide bonds. The predicted molar refractivity (Wildman–Crippen MR) is 75.9 cm³/mol. The Kier molecular flexibility index (Phi) is 10.1. The standard InChI is InChI=1S/C5H12N2O3S.C4H9NO4S/c1-7(2)5(8)3-4-11(6,9)10;1-9-4(6)2-3-10(5,7)8/h3-4H2,1-2H3,(H2,6,9,10);2-3H2,1H3,(H2,5,7,8). The van der Waals surface area contributed by atoms with Gasteiger partial charge in [0.15, 0.2) is 0 Å². The fraction of sp³-hybridized carbons (Fsp3) is 0.778. The first-order valence-corrected chi connectivity index (χ1v) is 8.99. The van der Waals surface area contributed by atoms with Crippen LogP contribution in [-0.2, 0) is 34.4 Å². The van der Waals surface area contributed by atoms with E-state index in [9.17, 15) is 26.4 Å². The lowest BCUT2D eigenvalue weighted by atomic mass is 10.4. The number of carbonyl (C=O) groups is 2. The Hall–Kier alpha value is -1.24. The molecule has 0 rings (SSSR count). The topological polar surface area (TPSA) is 167 Å². The second-order valence-corrected chi connectivity index (χ2v) is 7.57. The Bertz CT molecular complexity index is 540. The number of hydrogen-bond donors (Lipinski definition) is 2. The normalized spacial score (nSPS) is 11.1. The van der Waals surface area contributed by atoms with Gasteiger partial charge in [-0.3, -0.25) is 9.59 Å². The molecule has 0 saturated carbocycles. The molecule has 0 heterocycles. The number of amides is 1. The largest absolute Gasteiger partial charge is 0.469 e. The molecule has 0 saturated heterocycles. The molecule has 0 unspecified atom stereocenters. The fourth-order valence-corrected chi connectivity index (χ4v) is 1.69. The average molecular weight is 347 g/mol. The zero-order chi connectivity index (χ0) is 17.3. The van der Waals surface area contributed by atoms with E-state index in [4.69, 9.17) is 0 Å². The van der Waals surface area contributed by atoms with E-state index in [2.05, 4.69) is 15.0 Å². The van der Waals surface area contributed by atoms with Gasteiger partial charge in [-0.2, -0.15) is 0 Å². The van der Waals surface area contributed by atoms with Crippen LogP contribution in [0.1, 0.15) is 12.8 Å². The van der Waals surface area contributed by atoms with E-state index in [1.165, 1.54) is 12.0 Å². The molecule has 21 heavy (non-hydrogen) atoms. The lowest BCUT2D eigenvalue weighted by molar-refractivity contribution is -0.140. The summed E-state index contributed by atoms with van der Waals surface area (Å²) in [6.45, 7) is 0. The number of esters is 1. The molecule has 4 N–H and O–H groups in total. The third kappa shape index (κ3) is 18.8. The number of nitrogens with two attached hydrogens (primary N) is 2. The molecule has 0 spiro atoms. The Labute approximate surface area is 124 Å². The summed E-state index contributed by atoms with van der Waals surface area (Å²) in [5.74, 6) is -1.46. The van der Waals surface area contributed by atoms with Crippen molar-refractivity contribution in [2.75, 3.05) is 32.7 Å².